The van der Waals surface area contributed by atoms with Crippen molar-refractivity contribution in [2.75, 3.05) is 5.75 Å². The molecule has 1 N–H and O–H groups in total. The first-order valence-electron chi connectivity index (χ1n) is 6.05. The van der Waals surface area contributed by atoms with Crippen LogP contribution in [0.5, 0.6) is 0 Å². The van der Waals surface area contributed by atoms with Gasteiger partial charge < -0.3 is 0 Å². The third-order valence-electron chi connectivity index (χ3n) is 3.63. The molecule has 0 amide bonds. The molecule has 2 aliphatic carbocycles. The molecule has 0 aromatic carbocycles. The van der Waals surface area contributed by atoms with Gasteiger partial charge in [0.25, 0.3) is 0 Å². The van der Waals surface area contributed by atoms with E-state index in [1.165, 1.54) is 11.6 Å². The molecule has 1 heterocycles. The maximum atomic E-state index is 13.9. The Morgan fingerprint density at radius 2 is 2.33 bits per heavy atom. The summed E-state index contributed by atoms with van der Waals surface area (Å²) >= 11 is 7.15. The molecular weight excluding hydrogens is 265 g/mol. The predicted octanol–water partition coefficient (Wildman–Crippen LogP) is 3.66. The summed E-state index contributed by atoms with van der Waals surface area (Å²) in [6.07, 6.45) is 8.51. The summed E-state index contributed by atoms with van der Waals surface area (Å²) in [5.41, 5.74) is 3.34. The molecular formula is C14H14FNS2. The van der Waals surface area contributed by atoms with E-state index >= 15 is 0 Å². The molecule has 0 aromatic heterocycles. The first kappa shape index (κ1) is 12.3. The van der Waals surface area contributed by atoms with Crippen LogP contribution < -0.4 is 4.72 Å². The second-order valence-electron chi connectivity index (χ2n) is 4.79. The number of nitrogens with one attached hydrogen (secondary N) is 1. The van der Waals surface area contributed by atoms with E-state index < -0.39 is 0 Å². The minimum Gasteiger partial charge on any atom is -0.250 e. The van der Waals surface area contributed by atoms with Crippen molar-refractivity contribution in [3.05, 3.63) is 46.9 Å². The van der Waals surface area contributed by atoms with Crippen LogP contribution in [0.25, 0.3) is 0 Å². The fourth-order valence-electron chi connectivity index (χ4n) is 2.63. The van der Waals surface area contributed by atoms with Crippen LogP contribution in [-0.2, 0) is 0 Å². The van der Waals surface area contributed by atoms with Crippen molar-refractivity contribution in [2.24, 2.45) is 5.92 Å². The van der Waals surface area contributed by atoms with E-state index in [0.29, 0.717) is 5.92 Å². The molecule has 1 nitrogen and oxygen atoms in total. The molecule has 0 fully saturated rings. The molecule has 3 aliphatic rings. The highest BCUT2D eigenvalue weighted by molar-refractivity contribution is 7.97. The van der Waals surface area contributed by atoms with Crippen molar-refractivity contribution in [3.8, 4) is 0 Å². The van der Waals surface area contributed by atoms with Crippen molar-refractivity contribution >= 4 is 29.0 Å². The molecule has 0 saturated heterocycles. The SMILES string of the molecule is CC1=CCC2CSNC3C(F)=CC=CC3=C2C1=S. The monoisotopic (exact) mass is 279 g/mol. The van der Waals surface area contributed by atoms with Crippen molar-refractivity contribution in [1.29, 1.82) is 0 Å². The fraction of sp³-hybridized carbons (Fsp3) is 0.357. The lowest BCUT2D eigenvalue weighted by Gasteiger charge is -2.27. The van der Waals surface area contributed by atoms with Gasteiger partial charge >= 0.3 is 0 Å². The van der Waals surface area contributed by atoms with E-state index in [4.69, 9.17) is 12.2 Å². The standard InChI is InChI=1S/C14H14FNS2/c1-8-5-6-9-7-18-16-13-10(12(9)14(8)17)3-2-4-11(13)15/h2-5,9,13,16H,6-7H2,1H3. The average molecular weight is 279 g/mol. The van der Waals surface area contributed by atoms with E-state index in [2.05, 4.69) is 10.8 Å². The van der Waals surface area contributed by atoms with Crippen LogP contribution in [0, 0.1) is 5.92 Å². The average Bonchev–Trinajstić information content (AvgIpc) is 2.55. The number of allylic oxidation sites excluding steroid dienone is 5. The Kier molecular flexibility index (Phi) is 3.26. The zero-order valence-electron chi connectivity index (χ0n) is 10.1. The van der Waals surface area contributed by atoms with E-state index in [9.17, 15) is 4.39 Å². The van der Waals surface area contributed by atoms with Gasteiger partial charge in [0.05, 0.1) is 6.04 Å². The lowest BCUT2D eigenvalue weighted by Crippen LogP contribution is -2.28. The summed E-state index contributed by atoms with van der Waals surface area (Å²) in [5.74, 6) is 1.23. The quantitative estimate of drug-likeness (QED) is 0.537. The van der Waals surface area contributed by atoms with Crippen LogP contribution in [0.1, 0.15) is 13.3 Å². The van der Waals surface area contributed by atoms with E-state index in [0.717, 1.165) is 28.2 Å². The van der Waals surface area contributed by atoms with Crippen molar-refractivity contribution in [1.82, 2.24) is 4.72 Å². The molecule has 0 spiro atoms. The smallest absolute Gasteiger partial charge is 0.122 e. The lowest BCUT2D eigenvalue weighted by atomic mass is 9.80. The normalized spacial score (nSPS) is 31.3. The third kappa shape index (κ3) is 1.92. The lowest BCUT2D eigenvalue weighted by molar-refractivity contribution is 0.556. The van der Waals surface area contributed by atoms with Crippen LogP contribution in [0.2, 0.25) is 0 Å². The molecule has 0 saturated carbocycles. The van der Waals surface area contributed by atoms with Gasteiger partial charge in [-0.15, -0.1) is 0 Å². The molecule has 3 rings (SSSR count). The highest BCUT2D eigenvalue weighted by atomic mass is 32.2. The highest BCUT2D eigenvalue weighted by Crippen LogP contribution is 2.38. The molecule has 2 atom stereocenters. The zero-order chi connectivity index (χ0) is 12.7. The number of halogens is 1. The van der Waals surface area contributed by atoms with Gasteiger partial charge in [-0.1, -0.05) is 42.4 Å². The van der Waals surface area contributed by atoms with E-state index in [1.807, 2.05) is 13.0 Å². The van der Waals surface area contributed by atoms with Gasteiger partial charge in [-0.05, 0) is 42.1 Å². The Hall–Kier alpha value is -0.710. The first-order valence-corrected chi connectivity index (χ1v) is 7.44. The molecule has 4 heteroatoms. The Morgan fingerprint density at radius 3 is 3.17 bits per heavy atom. The zero-order valence-corrected chi connectivity index (χ0v) is 11.7. The highest BCUT2D eigenvalue weighted by Gasteiger charge is 2.33. The van der Waals surface area contributed by atoms with Crippen molar-refractivity contribution < 1.29 is 4.39 Å². The van der Waals surface area contributed by atoms with Gasteiger partial charge in [0, 0.05) is 10.6 Å². The molecule has 0 radical (unpaired) electrons. The van der Waals surface area contributed by atoms with E-state index in [1.54, 1.807) is 18.0 Å². The summed E-state index contributed by atoms with van der Waals surface area (Å²) in [5, 5.41) is 0. The summed E-state index contributed by atoms with van der Waals surface area (Å²) in [6, 6.07) is -0.330. The summed E-state index contributed by atoms with van der Waals surface area (Å²) in [6.45, 7) is 2.05. The number of hydrogen-bond donors (Lipinski definition) is 1. The van der Waals surface area contributed by atoms with Crippen LogP contribution >= 0.6 is 24.2 Å². The molecule has 0 bridgehead atoms. The summed E-state index contributed by atoms with van der Waals surface area (Å²) in [7, 11) is 0. The molecule has 18 heavy (non-hydrogen) atoms. The number of hydrogen-bond acceptors (Lipinski definition) is 3. The van der Waals surface area contributed by atoms with Gasteiger partial charge in [-0.2, -0.15) is 0 Å². The topological polar surface area (TPSA) is 12.0 Å². The summed E-state index contributed by atoms with van der Waals surface area (Å²) < 4.78 is 17.1. The van der Waals surface area contributed by atoms with Crippen LogP contribution in [0.15, 0.2) is 46.9 Å². The van der Waals surface area contributed by atoms with Crippen molar-refractivity contribution in [2.45, 2.75) is 19.4 Å². The Balaban J connectivity index is 2.15. The molecule has 0 aromatic rings. The summed E-state index contributed by atoms with van der Waals surface area (Å²) in [4.78, 5) is 0.912. The number of thiocarbonyl (C=S) groups is 1. The van der Waals surface area contributed by atoms with Crippen LogP contribution in [-0.4, -0.2) is 16.7 Å². The fourth-order valence-corrected chi connectivity index (χ4v) is 4.00. The van der Waals surface area contributed by atoms with E-state index in [-0.39, 0.29) is 11.9 Å². The maximum absolute atomic E-state index is 13.9. The van der Waals surface area contributed by atoms with Crippen molar-refractivity contribution in [3.63, 3.8) is 0 Å². The molecule has 1 aliphatic heterocycles. The second kappa shape index (κ2) is 4.76. The van der Waals surface area contributed by atoms with Gasteiger partial charge in [-0.25, -0.2) is 9.11 Å². The van der Waals surface area contributed by atoms with Gasteiger partial charge in [0.2, 0.25) is 0 Å². The van der Waals surface area contributed by atoms with Gasteiger partial charge in [-0.3, -0.25) is 0 Å². The minimum atomic E-state index is -0.330. The Labute approximate surface area is 116 Å². The van der Waals surface area contributed by atoms with Crippen LogP contribution in [0.3, 0.4) is 0 Å². The Bertz CT molecular complexity index is 528. The largest absolute Gasteiger partial charge is 0.250 e. The first-order chi connectivity index (χ1) is 8.68. The van der Waals surface area contributed by atoms with Gasteiger partial charge in [0.15, 0.2) is 0 Å². The van der Waals surface area contributed by atoms with Crippen LogP contribution in [0.4, 0.5) is 4.39 Å². The maximum Gasteiger partial charge on any atom is 0.122 e. The Morgan fingerprint density at radius 1 is 1.50 bits per heavy atom. The third-order valence-corrected chi connectivity index (χ3v) is 5.15. The number of fused-ring (bicyclic) bond motifs is 2. The molecule has 2 unspecified atom stereocenters. The second-order valence-corrected chi connectivity index (χ2v) is 6.06. The molecule has 94 valence electrons. The number of rotatable bonds is 0. The minimum absolute atomic E-state index is 0.122. The van der Waals surface area contributed by atoms with Gasteiger partial charge in [0.1, 0.15) is 5.83 Å². The predicted molar refractivity (Wildman–Crippen MR) is 79.2 cm³/mol.